The summed E-state index contributed by atoms with van der Waals surface area (Å²) in [4.78, 5) is 11.5. The average Bonchev–Trinajstić information content (AvgIpc) is 2.46. The number of aryl methyl sites for hydroxylation is 1. The van der Waals surface area contributed by atoms with E-state index in [-0.39, 0.29) is 5.97 Å². The molecule has 0 aliphatic carbocycles. The standard InChI is InChI=1S/C16H13NO2/c1-11-9-12(16(18)19-2)7-8-14(11)15-6-4-3-5-13(15)10-17/h3-9H,1-2H3. The van der Waals surface area contributed by atoms with Crippen LogP contribution in [0.4, 0.5) is 0 Å². The van der Waals surface area contributed by atoms with Crippen LogP contribution in [0.5, 0.6) is 0 Å². The van der Waals surface area contributed by atoms with Gasteiger partial charge in [0.05, 0.1) is 24.3 Å². The van der Waals surface area contributed by atoms with Crippen molar-refractivity contribution in [1.29, 1.82) is 5.26 Å². The van der Waals surface area contributed by atoms with Gasteiger partial charge in [-0.25, -0.2) is 4.79 Å². The van der Waals surface area contributed by atoms with Gasteiger partial charge >= 0.3 is 5.97 Å². The van der Waals surface area contributed by atoms with Crippen LogP contribution >= 0.6 is 0 Å². The van der Waals surface area contributed by atoms with Crippen LogP contribution in [0.15, 0.2) is 42.5 Å². The summed E-state index contributed by atoms with van der Waals surface area (Å²) in [6.07, 6.45) is 0. The zero-order valence-electron chi connectivity index (χ0n) is 10.8. The Bertz CT molecular complexity index is 669. The summed E-state index contributed by atoms with van der Waals surface area (Å²) < 4.78 is 4.69. The molecule has 2 rings (SSSR count). The van der Waals surface area contributed by atoms with E-state index in [2.05, 4.69) is 6.07 Å². The van der Waals surface area contributed by atoms with Crippen LogP contribution in [0.2, 0.25) is 0 Å². The first-order chi connectivity index (χ1) is 9.17. The predicted molar refractivity (Wildman–Crippen MR) is 72.7 cm³/mol. The number of benzene rings is 2. The van der Waals surface area contributed by atoms with Crippen LogP contribution in [0.25, 0.3) is 11.1 Å². The smallest absolute Gasteiger partial charge is 0.337 e. The molecule has 0 fully saturated rings. The first-order valence-corrected chi connectivity index (χ1v) is 5.86. The van der Waals surface area contributed by atoms with E-state index >= 15 is 0 Å². The number of nitriles is 1. The molecule has 2 aromatic carbocycles. The molecule has 19 heavy (non-hydrogen) atoms. The first-order valence-electron chi connectivity index (χ1n) is 5.86. The van der Waals surface area contributed by atoms with Gasteiger partial charge < -0.3 is 4.74 Å². The number of carbonyl (C=O) groups is 1. The van der Waals surface area contributed by atoms with Gasteiger partial charge in [-0.1, -0.05) is 24.3 Å². The highest BCUT2D eigenvalue weighted by molar-refractivity contribution is 5.90. The number of rotatable bonds is 2. The van der Waals surface area contributed by atoms with E-state index in [0.29, 0.717) is 11.1 Å². The minimum absolute atomic E-state index is 0.358. The maximum Gasteiger partial charge on any atom is 0.337 e. The third-order valence-corrected chi connectivity index (χ3v) is 2.99. The summed E-state index contributed by atoms with van der Waals surface area (Å²) in [5, 5.41) is 9.13. The molecule has 0 radical (unpaired) electrons. The maximum atomic E-state index is 11.5. The molecule has 0 aliphatic rings. The number of ether oxygens (including phenoxy) is 1. The topological polar surface area (TPSA) is 50.1 Å². The molecular weight excluding hydrogens is 238 g/mol. The molecule has 0 unspecified atom stereocenters. The Morgan fingerprint density at radius 1 is 1.16 bits per heavy atom. The molecule has 2 aromatic rings. The number of nitrogens with zero attached hydrogens (tertiary/aromatic N) is 1. The van der Waals surface area contributed by atoms with Crippen LogP contribution in [0.1, 0.15) is 21.5 Å². The summed E-state index contributed by atoms with van der Waals surface area (Å²) in [6.45, 7) is 1.91. The largest absolute Gasteiger partial charge is 0.465 e. The fraction of sp³-hybridized carbons (Fsp3) is 0.125. The molecule has 3 heteroatoms. The van der Waals surface area contributed by atoms with Gasteiger partial charge in [0, 0.05) is 0 Å². The Balaban J connectivity index is 2.53. The van der Waals surface area contributed by atoms with Crippen molar-refractivity contribution in [3.8, 4) is 17.2 Å². The van der Waals surface area contributed by atoms with Crippen molar-refractivity contribution in [1.82, 2.24) is 0 Å². The Labute approximate surface area is 112 Å². The minimum atomic E-state index is -0.358. The van der Waals surface area contributed by atoms with E-state index in [0.717, 1.165) is 16.7 Å². The zero-order valence-corrected chi connectivity index (χ0v) is 10.8. The fourth-order valence-electron chi connectivity index (χ4n) is 2.03. The second kappa shape index (κ2) is 5.36. The van der Waals surface area contributed by atoms with E-state index in [9.17, 15) is 4.79 Å². The molecule has 0 aliphatic heterocycles. The quantitative estimate of drug-likeness (QED) is 0.769. The molecule has 3 nitrogen and oxygen atoms in total. The second-order valence-electron chi connectivity index (χ2n) is 4.18. The molecule has 0 atom stereocenters. The van der Waals surface area contributed by atoms with Crippen LogP contribution < -0.4 is 0 Å². The SMILES string of the molecule is COC(=O)c1ccc(-c2ccccc2C#N)c(C)c1. The summed E-state index contributed by atoms with van der Waals surface area (Å²) in [6, 6.07) is 14.9. The normalized spacial score (nSPS) is 9.74. The highest BCUT2D eigenvalue weighted by Gasteiger charge is 2.10. The van der Waals surface area contributed by atoms with E-state index in [1.165, 1.54) is 7.11 Å². The number of hydrogen-bond donors (Lipinski definition) is 0. The molecule has 0 saturated carbocycles. The molecule has 0 heterocycles. The van der Waals surface area contributed by atoms with Gasteiger partial charge in [-0.3, -0.25) is 0 Å². The summed E-state index contributed by atoms with van der Waals surface area (Å²) in [7, 11) is 1.36. The van der Waals surface area contributed by atoms with Gasteiger partial charge in [0.25, 0.3) is 0 Å². The average molecular weight is 251 g/mol. The Morgan fingerprint density at radius 2 is 1.89 bits per heavy atom. The molecule has 0 saturated heterocycles. The number of esters is 1. The van der Waals surface area contributed by atoms with E-state index < -0.39 is 0 Å². The van der Waals surface area contributed by atoms with Gasteiger partial charge in [0.2, 0.25) is 0 Å². The maximum absolute atomic E-state index is 11.5. The van der Waals surface area contributed by atoms with Crippen LogP contribution in [-0.2, 0) is 4.74 Å². The van der Waals surface area contributed by atoms with Gasteiger partial charge in [-0.15, -0.1) is 0 Å². The van der Waals surface area contributed by atoms with Crippen molar-refractivity contribution >= 4 is 5.97 Å². The lowest BCUT2D eigenvalue weighted by atomic mass is 9.95. The van der Waals surface area contributed by atoms with E-state index in [1.54, 1.807) is 18.2 Å². The predicted octanol–water partition coefficient (Wildman–Crippen LogP) is 3.32. The summed E-state index contributed by atoms with van der Waals surface area (Å²) >= 11 is 0. The van der Waals surface area contributed by atoms with Crippen molar-refractivity contribution in [2.24, 2.45) is 0 Å². The second-order valence-corrected chi connectivity index (χ2v) is 4.18. The molecular formula is C16H13NO2. The molecule has 0 bridgehead atoms. The van der Waals surface area contributed by atoms with Gasteiger partial charge in [-0.05, 0) is 41.8 Å². The zero-order chi connectivity index (χ0) is 13.8. The number of methoxy groups -OCH3 is 1. The number of hydrogen-bond acceptors (Lipinski definition) is 3. The molecule has 0 spiro atoms. The van der Waals surface area contributed by atoms with Crippen LogP contribution in [0.3, 0.4) is 0 Å². The van der Waals surface area contributed by atoms with Crippen molar-refractivity contribution in [2.45, 2.75) is 6.92 Å². The van der Waals surface area contributed by atoms with E-state index in [1.807, 2.05) is 31.2 Å². The van der Waals surface area contributed by atoms with Crippen LogP contribution in [0, 0.1) is 18.3 Å². The lowest BCUT2D eigenvalue weighted by molar-refractivity contribution is 0.0600. The Kier molecular flexibility index (Phi) is 3.63. The van der Waals surface area contributed by atoms with Crippen LogP contribution in [-0.4, -0.2) is 13.1 Å². The van der Waals surface area contributed by atoms with Crippen molar-refractivity contribution in [3.63, 3.8) is 0 Å². The van der Waals surface area contributed by atoms with E-state index in [4.69, 9.17) is 10.00 Å². The highest BCUT2D eigenvalue weighted by Crippen LogP contribution is 2.27. The lowest BCUT2D eigenvalue weighted by Crippen LogP contribution is -2.01. The molecule has 0 aromatic heterocycles. The third-order valence-electron chi connectivity index (χ3n) is 2.99. The van der Waals surface area contributed by atoms with Crippen molar-refractivity contribution < 1.29 is 9.53 Å². The molecule has 0 N–H and O–H groups in total. The molecule has 0 amide bonds. The summed E-state index contributed by atoms with van der Waals surface area (Å²) in [5.74, 6) is -0.358. The van der Waals surface area contributed by atoms with Gasteiger partial charge in [0.15, 0.2) is 0 Å². The summed E-state index contributed by atoms with van der Waals surface area (Å²) in [5.41, 5.74) is 3.89. The third kappa shape index (κ3) is 2.48. The Hall–Kier alpha value is -2.60. The Morgan fingerprint density at radius 3 is 2.53 bits per heavy atom. The highest BCUT2D eigenvalue weighted by atomic mass is 16.5. The van der Waals surface area contributed by atoms with Gasteiger partial charge in [0.1, 0.15) is 0 Å². The van der Waals surface area contributed by atoms with Crippen molar-refractivity contribution in [3.05, 3.63) is 59.2 Å². The number of carbonyl (C=O) groups excluding carboxylic acids is 1. The lowest BCUT2D eigenvalue weighted by Gasteiger charge is -2.09. The van der Waals surface area contributed by atoms with Gasteiger partial charge in [-0.2, -0.15) is 5.26 Å². The molecule has 94 valence electrons. The first kappa shape index (κ1) is 12.8. The van der Waals surface area contributed by atoms with Crippen molar-refractivity contribution in [2.75, 3.05) is 7.11 Å². The monoisotopic (exact) mass is 251 g/mol. The minimum Gasteiger partial charge on any atom is -0.465 e. The fourth-order valence-corrected chi connectivity index (χ4v) is 2.03.